The predicted molar refractivity (Wildman–Crippen MR) is 265 cm³/mol. The number of para-hydroxylation sites is 3. The molecule has 5 nitrogen and oxygen atoms in total. The summed E-state index contributed by atoms with van der Waals surface area (Å²) in [6.45, 7) is 13.6. The molecule has 0 atom stereocenters. The Hall–Kier alpha value is -7.50. The van der Waals surface area contributed by atoms with Gasteiger partial charge in [-0.3, -0.25) is 0 Å². The number of nitrogens with zero attached hydrogens (tertiary/aromatic N) is 3. The number of anilines is 6. The maximum atomic E-state index is 7.06. The van der Waals surface area contributed by atoms with E-state index in [4.69, 9.17) is 8.83 Å². The Balaban J connectivity index is 1.08. The van der Waals surface area contributed by atoms with Gasteiger partial charge >= 0.3 is 0 Å². The van der Waals surface area contributed by atoms with Gasteiger partial charge in [0.1, 0.15) is 11.2 Å². The van der Waals surface area contributed by atoms with Crippen molar-refractivity contribution in [2.45, 2.75) is 52.4 Å². The van der Waals surface area contributed by atoms with E-state index in [1.165, 1.54) is 11.1 Å². The zero-order chi connectivity index (χ0) is 42.8. The molecule has 12 aromatic rings. The Morgan fingerprint density at radius 1 is 0.381 bits per heavy atom. The minimum atomic E-state index is 0.0421. The summed E-state index contributed by atoms with van der Waals surface area (Å²) in [4.78, 5) is 4.72. The van der Waals surface area contributed by atoms with E-state index >= 15 is 0 Å². The monoisotopic (exact) mass is 817 g/mol. The van der Waals surface area contributed by atoms with Gasteiger partial charge in [0.2, 0.25) is 11.4 Å². The molecule has 0 saturated heterocycles. The molecule has 0 spiro atoms. The Kier molecular flexibility index (Phi) is 7.99. The molecule has 0 fully saturated rings. The summed E-state index contributed by atoms with van der Waals surface area (Å²) in [5, 5.41) is 8.88. The predicted octanol–water partition coefficient (Wildman–Crippen LogP) is 17.0. The zero-order valence-electron chi connectivity index (χ0n) is 36.4. The average Bonchev–Trinajstić information content (AvgIpc) is 4.02. The van der Waals surface area contributed by atoms with Gasteiger partial charge in [0.25, 0.3) is 0 Å². The summed E-state index contributed by atoms with van der Waals surface area (Å²) >= 11 is 0. The molecule has 0 amide bonds. The van der Waals surface area contributed by atoms with Crippen molar-refractivity contribution in [1.29, 1.82) is 0 Å². The van der Waals surface area contributed by atoms with Crippen LogP contribution in [-0.2, 0) is 10.8 Å². The molecule has 4 heterocycles. The number of hydrogen-bond acceptors (Lipinski definition) is 4. The van der Waals surface area contributed by atoms with E-state index in [0.717, 1.165) is 105 Å². The van der Waals surface area contributed by atoms with Crippen LogP contribution in [0.4, 0.5) is 34.1 Å². The van der Waals surface area contributed by atoms with Gasteiger partial charge in [0.15, 0.2) is 0 Å². The van der Waals surface area contributed by atoms with Crippen LogP contribution in [0.15, 0.2) is 185 Å². The fourth-order valence-electron chi connectivity index (χ4n) is 9.80. The number of aromatic nitrogens is 1. The first-order valence-corrected chi connectivity index (χ1v) is 21.9. The number of hydrogen-bond donors (Lipinski definition) is 0. The lowest BCUT2D eigenvalue weighted by atomic mass is 9.87. The Bertz CT molecular complexity index is 3670. The highest BCUT2D eigenvalue weighted by atomic mass is 16.4. The maximum Gasteiger partial charge on any atom is 0.216 e. The molecule has 63 heavy (non-hydrogen) atoms. The quantitative estimate of drug-likeness (QED) is 0.167. The number of furan rings is 2. The molecule has 5 heteroatoms. The maximum absolute atomic E-state index is 7.06. The molecule has 0 saturated carbocycles. The van der Waals surface area contributed by atoms with Gasteiger partial charge in [0.05, 0.1) is 22.0 Å². The second-order valence-electron chi connectivity index (χ2n) is 19.1. The molecule has 0 radical (unpaired) electrons. The van der Waals surface area contributed by atoms with Crippen LogP contribution >= 0.6 is 0 Å². The number of rotatable bonds is 6. The van der Waals surface area contributed by atoms with Crippen LogP contribution < -0.4 is 9.80 Å². The molecule has 0 N–H and O–H groups in total. The standard InChI is InChI=1S/C58H47N3O2/c1-57(2,3)38-22-27-42(28-23-38)59(40-15-9-7-10-16-40)44-26-21-36-34-47-50(35-37(36)33-44)63-55-51(47)46-31-32-48(53-52-45-19-13-14-20-49(45)62-56(52)61(55)54(46)53)60(41-17-11-8-12-18-41)43-29-24-39(25-30-43)58(4,5)6/h7-35H,1-6H3. The Labute approximate surface area is 366 Å². The van der Waals surface area contributed by atoms with Gasteiger partial charge in [-0.25, -0.2) is 4.40 Å². The first-order valence-electron chi connectivity index (χ1n) is 21.9. The van der Waals surface area contributed by atoms with E-state index in [1.54, 1.807) is 0 Å². The lowest BCUT2D eigenvalue weighted by Gasteiger charge is -2.27. The number of benzene rings is 8. The molecule has 12 rings (SSSR count). The van der Waals surface area contributed by atoms with Crippen LogP contribution in [0.5, 0.6) is 0 Å². The van der Waals surface area contributed by atoms with Crippen molar-refractivity contribution >= 4 is 105 Å². The van der Waals surface area contributed by atoms with Gasteiger partial charge in [0, 0.05) is 50.0 Å². The Morgan fingerprint density at radius 3 is 1.57 bits per heavy atom. The molecule has 306 valence electrons. The molecule has 0 aliphatic heterocycles. The van der Waals surface area contributed by atoms with Gasteiger partial charge in [-0.05, 0) is 124 Å². The lowest BCUT2D eigenvalue weighted by Crippen LogP contribution is -2.13. The van der Waals surface area contributed by atoms with Gasteiger partial charge < -0.3 is 18.6 Å². The van der Waals surface area contributed by atoms with E-state index in [9.17, 15) is 0 Å². The minimum Gasteiger partial charge on any atom is -0.439 e. The van der Waals surface area contributed by atoms with Crippen LogP contribution in [0.25, 0.3) is 71.2 Å². The van der Waals surface area contributed by atoms with Crippen molar-refractivity contribution in [2.24, 2.45) is 0 Å². The second kappa shape index (κ2) is 13.5. The summed E-state index contributed by atoms with van der Waals surface area (Å²) in [5.41, 5.74) is 13.7. The fourth-order valence-corrected chi connectivity index (χ4v) is 9.80. The van der Waals surface area contributed by atoms with Crippen molar-refractivity contribution < 1.29 is 8.83 Å². The van der Waals surface area contributed by atoms with E-state index in [-0.39, 0.29) is 10.8 Å². The zero-order valence-corrected chi connectivity index (χ0v) is 36.4. The van der Waals surface area contributed by atoms with Crippen molar-refractivity contribution in [3.63, 3.8) is 0 Å². The van der Waals surface area contributed by atoms with Crippen molar-refractivity contribution in [3.05, 3.63) is 187 Å². The van der Waals surface area contributed by atoms with Crippen LogP contribution in [-0.4, -0.2) is 4.40 Å². The summed E-state index contributed by atoms with van der Waals surface area (Å²) in [7, 11) is 0. The fraction of sp³-hybridized carbons (Fsp3) is 0.138. The van der Waals surface area contributed by atoms with Crippen LogP contribution in [0.1, 0.15) is 52.7 Å². The molecule has 0 unspecified atom stereocenters. The summed E-state index contributed by atoms with van der Waals surface area (Å²) in [6, 6.07) is 63.5. The Morgan fingerprint density at radius 2 is 0.921 bits per heavy atom. The second-order valence-corrected chi connectivity index (χ2v) is 19.1. The summed E-state index contributed by atoms with van der Waals surface area (Å²) in [6.07, 6.45) is 0. The van der Waals surface area contributed by atoms with Gasteiger partial charge in [-0.2, -0.15) is 0 Å². The van der Waals surface area contributed by atoms with Crippen LogP contribution in [0, 0.1) is 0 Å². The molecule has 0 bridgehead atoms. The SMILES string of the molecule is CC(C)(C)c1ccc(N(c2ccccc2)c2ccc3cc4c(cc3c2)oc2c4c3ccc(N(c4ccccc4)c4ccc(C(C)(C)C)cc4)c4c5c6ccccc6oc5n2c34)cc1. The van der Waals surface area contributed by atoms with Crippen molar-refractivity contribution in [3.8, 4) is 0 Å². The first-order chi connectivity index (χ1) is 30.5. The highest BCUT2D eigenvalue weighted by Crippen LogP contribution is 2.51. The van der Waals surface area contributed by atoms with E-state index in [2.05, 4.69) is 226 Å². The highest BCUT2D eigenvalue weighted by molar-refractivity contribution is 6.34. The third-order valence-electron chi connectivity index (χ3n) is 13.0. The van der Waals surface area contributed by atoms with Gasteiger partial charge in [-0.1, -0.05) is 126 Å². The summed E-state index contributed by atoms with van der Waals surface area (Å²) < 4.78 is 16.1. The van der Waals surface area contributed by atoms with Crippen LogP contribution in [0.2, 0.25) is 0 Å². The van der Waals surface area contributed by atoms with Crippen molar-refractivity contribution in [1.82, 2.24) is 4.40 Å². The van der Waals surface area contributed by atoms with Gasteiger partial charge in [-0.15, -0.1) is 0 Å². The molecular formula is C58H47N3O2. The highest BCUT2D eigenvalue weighted by Gasteiger charge is 2.30. The normalized spacial score (nSPS) is 12.6. The molecule has 0 aliphatic carbocycles. The third-order valence-corrected chi connectivity index (χ3v) is 13.0. The first kappa shape index (κ1) is 37.3. The van der Waals surface area contributed by atoms with E-state index in [1.807, 2.05) is 6.07 Å². The summed E-state index contributed by atoms with van der Waals surface area (Å²) in [5.74, 6) is 0. The molecule has 8 aromatic carbocycles. The topological polar surface area (TPSA) is 37.2 Å². The molecule has 4 aromatic heterocycles. The average molecular weight is 818 g/mol. The number of fused-ring (bicyclic) bond motifs is 11. The van der Waals surface area contributed by atoms with Crippen molar-refractivity contribution in [2.75, 3.05) is 9.80 Å². The van der Waals surface area contributed by atoms with E-state index < -0.39 is 0 Å². The van der Waals surface area contributed by atoms with Crippen LogP contribution in [0.3, 0.4) is 0 Å². The molecular weight excluding hydrogens is 771 g/mol. The molecule has 0 aliphatic rings. The smallest absolute Gasteiger partial charge is 0.216 e. The lowest BCUT2D eigenvalue weighted by molar-refractivity contribution is 0.590. The van der Waals surface area contributed by atoms with E-state index in [0.29, 0.717) is 0 Å². The minimum absolute atomic E-state index is 0.0421. The third kappa shape index (κ3) is 5.76. The largest absolute Gasteiger partial charge is 0.439 e.